The lowest BCUT2D eigenvalue weighted by atomic mass is 10.2. The van der Waals surface area contributed by atoms with Gasteiger partial charge in [-0.05, 0) is 12.5 Å². The predicted molar refractivity (Wildman–Crippen MR) is 70.8 cm³/mol. The van der Waals surface area contributed by atoms with Crippen LogP contribution in [0.5, 0.6) is 0 Å². The quantitative estimate of drug-likeness (QED) is 0.743. The van der Waals surface area contributed by atoms with E-state index in [-0.39, 0.29) is 0 Å². The average molecular weight is 255 g/mol. The summed E-state index contributed by atoms with van der Waals surface area (Å²) in [5.74, 6) is 0.537. The van der Waals surface area contributed by atoms with Crippen molar-refractivity contribution in [1.82, 2.24) is 29.9 Å². The average Bonchev–Trinajstić information content (AvgIpc) is 3.03. The molecule has 0 fully saturated rings. The van der Waals surface area contributed by atoms with E-state index in [9.17, 15) is 0 Å². The highest BCUT2D eigenvalue weighted by atomic mass is 15.3. The number of nitrogens with one attached hydrogen (secondary N) is 2. The van der Waals surface area contributed by atoms with Gasteiger partial charge in [0.25, 0.3) is 0 Å². The molecule has 19 heavy (non-hydrogen) atoms. The molecule has 0 aliphatic heterocycles. The third-order valence-electron chi connectivity index (χ3n) is 2.70. The van der Waals surface area contributed by atoms with Crippen LogP contribution in [0.15, 0.2) is 31.0 Å². The van der Waals surface area contributed by atoms with Gasteiger partial charge in [-0.3, -0.25) is 9.78 Å². The minimum atomic E-state index is 0.537. The maximum Gasteiger partial charge on any atom is 0.227 e. The molecule has 0 unspecified atom stereocenters. The number of anilines is 2. The first-order valence-electron chi connectivity index (χ1n) is 5.81. The van der Waals surface area contributed by atoms with E-state index >= 15 is 0 Å². The summed E-state index contributed by atoms with van der Waals surface area (Å²) in [5, 5.41) is 13.9. The van der Waals surface area contributed by atoms with Crippen molar-refractivity contribution in [2.45, 2.75) is 6.92 Å². The zero-order valence-electron chi connectivity index (χ0n) is 10.6. The van der Waals surface area contributed by atoms with Gasteiger partial charge in [-0.1, -0.05) is 0 Å². The van der Waals surface area contributed by atoms with Gasteiger partial charge in [0.2, 0.25) is 5.95 Å². The molecular formula is C12H13N7. The zero-order chi connectivity index (χ0) is 13.2. The van der Waals surface area contributed by atoms with Crippen molar-refractivity contribution >= 4 is 11.6 Å². The Morgan fingerprint density at radius 3 is 2.84 bits per heavy atom. The van der Waals surface area contributed by atoms with Crippen molar-refractivity contribution in [3.8, 4) is 11.3 Å². The topological polar surface area (TPSA) is 84.3 Å². The lowest BCUT2D eigenvalue weighted by Gasteiger charge is -2.06. The Kier molecular flexibility index (Phi) is 2.71. The van der Waals surface area contributed by atoms with Crippen LogP contribution in [0.1, 0.15) is 5.56 Å². The maximum atomic E-state index is 4.50. The molecule has 3 heterocycles. The van der Waals surface area contributed by atoms with Crippen LogP contribution in [-0.4, -0.2) is 29.9 Å². The standard InChI is InChI=1S/C12H13N7/c1-8-3-13-12(17-10-6-16-19(2)7-10)18-11(8)9-4-14-15-5-9/h3-7H,1-2H3,(H,14,15)(H,13,17,18). The summed E-state index contributed by atoms with van der Waals surface area (Å²) in [7, 11) is 1.86. The monoisotopic (exact) mass is 255 g/mol. The van der Waals surface area contributed by atoms with E-state index in [1.807, 2.05) is 26.4 Å². The van der Waals surface area contributed by atoms with Gasteiger partial charge in [0.15, 0.2) is 0 Å². The highest BCUT2D eigenvalue weighted by molar-refractivity contribution is 5.63. The van der Waals surface area contributed by atoms with Gasteiger partial charge < -0.3 is 5.32 Å². The SMILES string of the molecule is Cc1cnc(Nc2cnn(C)c2)nc1-c1cn[nH]c1. The predicted octanol–water partition coefficient (Wildman–Crippen LogP) is 1.65. The van der Waals surface area contributed by atoms with Crippen molar-refractivity contribution in [3.63, 3.8) is 0 Å². The Bertz CT molecular complexity index is 684. The second kappa shape index (κ2) is 4.52. The summed E-state index contributed by atoms with van der Waals surface area (Å²) in [6, 6.07) is 0. The molecule has 7 nitrogen and oxygen atoms in total. The summed E-state index contributed by atoms with van der Waals surface area (Å²) in [5.41, 5.74) is 3.65. The number of aryl methyl sites for hydroxylation is 2. The fourth-order valence-corrected chi connectivity index (χ4v) is 1.79. The number of H-pyrrole nitrogens is 1. The van der Waals surface area contributed by atoms with Gasteiger partial charge in [-0.2, -0.15) is 10.2 Å². The molecule has 0 saturated heterocycles. The Morgan fingerprint density at radius 2 is 2.16 bits per heavy atom. The first-order chi connectivity index (χ1) is 9.22. The van der Waals surface area contributed by atoms with Crippen molar-refractivity contribution in [2.75, 3.05) is 5.32 Å². The van der Waals surface area contributed by atoms with E-state index in [0.29, 0.717) is 5.95 Å². The molecule has 3 aromatic rings. The molecule has 0 aliphatic rings. The highest BCUT2D eigenvalue weighted by Crippen LogP contribution is 2.21. The lowest BCUT2D eigenvalue weighted by Crippen LogP contribution is -1.99. The van der Waals surface area contributed by atoms with Gasteiger partial charge >= 0.3 is 0 Å². The van der Waals surface area contributed by atoms with Crippen LogP contribution in [0.25, 0.3) is 11.3 Å². The molecule has 0 radical (unpaired) electrons. The van der Waals surface area contributed by atoms with Crippen molar-refractivity contribution in [2.24, 2.45) is 7.05 Å². The molecule has 0 amide bonds. The Morgan fingerprint density at radius 1 is 1.26 bits per heavy atom. The van der Waals surface area contributed by atoms with Crippen LogP contribution in [0.2, 0.25) is 0 Å². The van der Waals surface area contributed by atoms with Gasteiger partial charge in [-0.15, -0.1) is 0 Å². The third-order valence-corrected chi connectivity index (χ3v) is 2.70. The zero-order valence-corrected chi connectivity index (χ0v) is 10.6. The summed E-state index contributed by atoms with van der Waals surface area (Å²) < 4.78 is 1.72. The van der Waals surface area contributed by atoms with Crippen LogP contribution >= 0.6 is 0 Å². The molecule has 2 N–H and O–H groups in total. The molecule has 0 aliphatic carbocycles. The molecule has 0 spiro atoms. The first-order valence-corrected chi connectivity index (χ1v) is 5.81. The number of hydrogen-bond donors (Lipinski definition) is 2. The number of rotatable bonds is 3. The summed E-state index contributed by atoms with van der Waals surface area (Å²) in [6.45, 7) is 1.97. The van der Waals surface area contributed by atoms with Crippen molar-refractivity contribution in [3.05, 3.63) is 36.5 Å². The maximum absolute atomic E-state index is 4.50. The largest absolute Gasteiger partial charge is 0.321 e. The third kappa shape index (κ3) is 2.30. The lowest BCUT2D eigenvalue weighted by molar-refractivity contribution is 0.768. The van der Waals surface area contributed by atoms with E-state index in [0.717, 1.165) is 22.5 Å². The Hall–Kier alpha value is -2.70. The van der Waals surface area contributed by atoms with Crippen LogP contribution in [0, 0.1) is 6.92 Å². The molecule has 0 aromatic carbocycles. The van der Waals surface area contributed by atoms with E-state index in [4.69, 9.17) is 0 Å². The van der Waals surface area contributed by atoms with Gasteiger partial charge in [0.05, 0.1) is 23.8 Å². The van der Waals surface area contributed by atoms with Crippen LogP contribution in [0.3, 0.4) is 0 Å². The van der Waals surface area contributed by atoms with E-state index in [1.165, 1.54) is 0 Å². The number of aromatic nitrogens is 6. The Balaban J connectivity index is 1.93. The number of aromatic amines is 1. The van der Waals surface area contributed by atoms with Crippen LogP contribution in [0.4, 0.5) is 11.6 Å². The molecule has 0 atom stereocenters. The first kappa shape index (κ1) is 11.4. The molecule has 0 bridgehead atoms. The van der Waals surface area contributed by atoms with E-state index in [1.54, 1.807) is 23.3 Å². The summed E-state index contributed by atoms with van der Waals surface area (Å²) >= 11 is 0. The van der Waals surface area contributed by atoms with Gasteiger partial charge in [0, 0.05) is 31.2 Å². The fraction of sp³-hybridized carbons (Fsp3) is 0.167. The number of hydrogen-bond acceptors (Lipinski definition) is 5. The van der Waals surface area contributed by atoms with Crippen molar-refractivity contribution < 1.29 is 0 Å². The molecule has 7 heteroatoms. The van der Waals surface area contributed by atoms with E-state index < -0.39 is 0 Å². The molecular weight excluding hydrogens is 242 g/mol. The van der Waals surface area contributed by atoms with Crippen molar-refractivity contribution in [1.29, 1.82) is 0 Å². The molecule has 0 saturated carbocycles. The Labute approximate surface area is 109 Å². The normalized spacial score (nSPS) is 10.6. The molecule has 3 rings (SSSR count). The van der Waals surface area contributed by atoms with Gasteiger partial charge in [-0.25, -0.2) is 9.97 Å². The summed E-state index contributed by atoms with van der Waals surface area (Å²) in [6.07, 6.45) is 8.92. The second-order valence-corrected chi connectivity index (χ2v) is 4.24. The fourth-order valence-electron chi connectivity index (χ4n) is 1.79. The smallest absolute Gasteiger partial charge is 0.227 e. The molecule has 96 valence electrons. The highest BCUT2D eigenvalue weighted by Gasteiger charge is 2.08. The second-order valence-electron chi connectivity index (χ2n) is 4.24. The number of nitrogens with zero attached hydrogens (tertiary/aromatic N) is 5. The van der Waals surface area contributed by atoms with Crippen LogP contribution < -0.4 is 5.32 Å². The van der Waals surface area contributed by atoms with Crippen LogP contribution in [-0.2, 0) is 7.05 Å². The van der Waals surface area contributed by atoms with Gasteiger partial charge in [0.1, 0.15) is 0 Å². The molecule has 3 aromatic heterocycles. The van der Waals surface area contributed by atoms with E-state index in [2.05, 4.69) is 30.6 Å². The summed E-state index contributed by atoms with van der Waals surface area (Å²) in [4.78, 5) is 8.76. The minimum absolute atomic E-state index is 0.537. The minimum Gasteiger partial charge on any atom is -0.321 e.